The van der Waals surface area contributed by atoms with Crippen LogP contribution in [-0.2, 0) is 15.0 Å². The van der Waals surface area contributed by atoms with Crippen LogP contribution in [0.2, 0.25) is 0 Å². The number of carbonyl (C=O) groups is 2. The number of hydrogen-bond acceptors (Lipinski definition) is 4. The van der Waals surface area contributed by atoms with Crippen LogP contribution in [-0.4, -0.2) is 31.6 Å². The highest BCUT2D eigenvalue weighted by molar-refractivity contribution is 6.00. The molecule has 0 fully saturated rings. The summed E-state index contributed by atoms with van der Waals surface area (Å²) < 4.78 is 11.7. The lowest BCUT2D eigenvalue weighted by molar-refractivity contribution is -0.127. The number of carbonyl (C=O) groups excluding carboxylic acids is 2. The smallest absolute Gasteiger partial charge is 0.262 e. The number of fused-ring (bicyclic) bond motifs is 1. The second-order valence-corrected chi connectivity index (χ2v) is 11.1. The zero-order chi connectivity index (χ0) is 25.1. The largest absolute Gasteiger partial charge is 0.490 e. The van der Waals surface area contributed by atoms with E-state index in [4.69, 9.17) is 9.47 Å². The Labute approximate surface area is 203 Å². The lowest BCUT2D eigenvalue weighted by Gasteiger charge is -2.28. The van der Waals surface area contributed by atoms with E-state index in [0.717, 1.165) is 12.1 Å². The minimum Gasteiger partial charge on any atom is -0.490 e. The SMILES string of the molecule is CC(C)CCN1C(=O)C(C)(C)COc2cc(NC(=O)COc3ccc(C(C)(C)C)cc3)ccc21. The summed E-state index contributed by atoms with van der Waals surface area (Å²) in [7, 11) is 0. The first kappa shape index (κ1) is 25.6. The molecule has 1 aliphatic rings. The maximum absolute atomic E-state index is 13.2. The van der Waals surface area contributed by atoms with Crippen LogP contribution in [0.1, 0.15) is 60.5 Å². The van der Waals surface area contributed by atoms with Crippen LogP contribution in [0.15, 0.2) is 42.5 Å². The molecule has 184 valence electrons. The third-order valence-corrected chi connectivity index (χ3v) is 5.97. The topological polar surface area (TPSA) is 67.9 Å². The van der Waals surface area contributed by atoms with Crippen molar-refractivity contribution >= 4 is 23.2 Å². The average Bonchev–Trinajstić information content (AvgIpc) is 2.85. The summed E-state index contributed by atoms with van der Waals surface area (Å²) in [5, 5.41) is 2.87. The standard InChI is InChI=1S/C28H38N2O4/c1-19(2)14-15-30-23-13-10-21(16-24(23)34-18-28(6,7)26(30)32)29-25(31)17-33-22-11-8-20(9-12-22)27(3,4)5/h8-13,16,19H,14-15,17-18H2,1-7H3,(H,29,31). The lowest BCUT2D eigenvalue weighted by atomic mass is 9.87. The number of hydrogen-bond donors (Lipinski definition) is 1. The van der Waals surface area contributed by atoms with Crippen molar-refractivity contribution in [1.82, 2.24) is 0 Å². The van der Waals surface area contributed by atoms with E-state index in [0.29, 0.717) is 29.6 Å². The normalized spacial score (nSPS) is 15.4. The van der Waals surface area contributed by atoms with E-state index in [1.54, 1.807) is 12.1 Å². The fourth-order valence-electron chi connectivity index (χ4n) is 3.73. The highest BCUT2D eigenvalue weighted by Crippen LogP contribution is 2.38. The van der Waals surface area contributed by atoms with Crippen molar-refractivity contribution in [2.45, 2.75) is 60.3 Å². The lowest BCUT2D eigenvalue weighted by Crippen LogP contribution is -2.42. The van der Waals surface area contributed by atoms with Gasteiger partial charge in [-0.25, -0.2) is 0 Å². The summed E-state index contributed by atoms with van der Waals surface area (Å²) in [6, 6.07) is 13.2. The zero-order valence-electron chi connectivity index (χ0n) is 21.5. The highest BCUT2D eigenvalue weighted by atomic mass is 16.5. The Morgan fingerprint density at radius 3 is 2.44 bits per heavy atom. The van der Waals surface area contributed by atoms with Gasteiger partial charge < -0.3 is 19.7 Å². The summed E-state index contributed by atoms with van der Waals surface area (Å²) >= 11 is 0. The van der Waals surface area contributed by atoms with Gasteiger partial charge in [-0.05, 0) is 61.4 Å². The van der Waals surface area contributed by atoms with Gasteiger partial charge in [0.05, 0.1) is 11.1 Å². The molecular weight excluding hydrogens is 428 g/mol. The van der Waals surface area contributed by atoms with Crippen molar-refractivity contribution in [2.75, 3.05) is 30.0 Å². The van der Waals surface area contributed by atoms with E-state index in [9.17, 15) is 9.59 Å². The molecule has 6 heteroatoms. The van der Waals surface area contributed by atoms with Gasteiger partial charge in [0, 0.05) is 18.3 Å². The Hall–Kier alpha value is -3.02. The van der Waals surface area contributed by atoms with Crippen molar-refractivity contribution in [3.8, 4) is 11.5 Å². The number of nitrogens with zero attached hydrogens (tertiary/aromatic N) is 1. The fraction of sp³-hybridized carbons (Fsp3) is 0.500. The first-order chi connectivity index (χ1) is 15.9. The van der Waals surface area contributed by atoms with Crippen molar-refractivity contribution in [3.05, 3.63) is 48.0 Å². The monoisotopic (exact) mass is 466 g/mol. The maximum Gasteiger partial charge on any atom is 0.262 e. The van der Waals surface area contributed by atoms with Gasteiger partial charge in [-0.3, -0.25) is 9.59 Å². The van der Waals surface area contributed by atoms with Gasteiger partial charge in [0.25, 0.3) is 5.91 Å². The molecule has 0 saturated heterocycles. The molecule has 2 aromatic rings. The second-order valence-electron chi connectivity index (χ2n) is 11.1. The highest BCUT2D eigenvalue weighted by Gasteiger charge is 2.37. The molecule has 0 bridgehead atoms. The van der Waals surface area contributed by atoms with Gasteiger partial charge in [-0.15, -0.1) is 0 Å². The molecule has 3 rings (SSSR count). The molecule has 0 aliphatic carbocycles. The van der Waals surface area contributed by atoms with Gasteiger partial charge in [-0.1, -0.05) is 46.8 Å². The van der Waals surface area contributed by atoms with Crippen LogP contribution < -0.4 is 19.7 Å². The molecule has 1 N–H and O–H groups in total. The summed E-state index contributed by atoms with van der Waals surface area (Å²) in [5.41, 5.74) is 1.98. The van der Waals surface area contributed by atoms with E-state index < -0.39 is 5.41 Å². The Bertz CT molecular complexity index is 1020. The quantitative estimate of drug-likeness (QED) is 0.560. The molecule has 0 spiro atoms. The molecule has 1 aliphatic heterocycles. The van der Waals surface area contributed by atoms with Gasteiger partial charge in [0.1, 0.15) is 18.1 Å². The molecular formula is C28H38N2O4. The Morgan fingerprint density at radius 2 is 1.82 bits per heavy atom. The number of anilines is 2. The van der Waals surface area contributed by atoms with Gasteiger partial charge in [0.2, 0.25) is 5.91 Å². The van der Waals surface area contributed by atoms with Gasteiger partial charge in [-0.2, -0.15) is 0 Å². The number of amides is 2. The first-order valence-corrected chi connectivity index (χ1v) is 12.0. The molecule has 1 heterocycles. The zero-order valence-corrected chi connectivity index (χ0v) is 21.5. The summed E-state index contributed by atoms with van der Waals surface area (Å²) in [4.78, 5) is 27.5. The van der Waals surface area contributed by atoms with Gasteiger partial charge >= 0.3 is 0 Å². The van der Waals surface area contributed by atoms with Crippen LogP contribution in [0.4, 0.5) is 11.4 Å². The number of nitrogens with one attached hydrogen (secondary N) is 1. The third-order valence-electron chi connectivity index (χ3n) is 5.97. The van der Waals surface area contributed by atoms with Crippen LogP contribution in [0.5, 0.6) is 11.5 Å². The maximum atomic E-state index is 13.2. The fourth-order valence-corrected chi connectivity index (χ4v) is 3.73. The van der Waals surface area contributed by atoms with Crippen molar-refractivity contribution < 1.29 is 19.1 Å². The molecule has 0 aromatic heterocycles. The van der Waals surface area contributed by atoms with E-state index in [1.807, 2.05) is 49.1 Å². The number of ether oxygens (including phenoxy) is 2. The summed E-state index contributed by atoms with van der Waals surface area (Å²) in [5.74, 6) is 1.51. The minimum absolute atomic E-state index is 0.0505. The van der Waals surface area contributed by atoms with E-state index in [2.05, 4.69) is 39.9 Å². The average molecular weight is 467 g/mol. The molecule has 34 heavy (non-hydrogen) atoms. The molecule has 6 nitrogen and oxygen atoms in total. The Balaban J connectivity index is 1.68. The van der Waals surface area contributed by atoms with Crippen molar-refractivity contribution in [3.63, 3.8) is 0 Å². The van der Waals surface area contributed by atoms with Crippen LogP contribution in [0.25, 0.3) is 0 Å². The molecule has 0 unspecified atom stereocenters. The van der Waals surface area contributed by atoms with Crippen LogP contribution in [0.3, 0.4) is 0 Å². The molecule has 0 saturated carbocycles. The third kappa shape index (κ3) is 6.31. The number of rotatable bonds is 7. The van der Waals surface area contributed by atoms with Crippen molar-refractivity contribution in [2.24, 2.45) is 11.3 Å². The molecule has 2 aromatic carbocycles. The predicted octanol–water partition coefficient (Wildman–Crippen LogP) is 5.80. The van der Waals surface area contributed by atoms with Gasteiger partial charge in [0.15, 0.2) is 6.61 Å². The summed E-state index contributed by atoms with van der Waals surface area (Å²) in [6.07, 6.45) is 0.897. The predicted molar refractivity (Wildman–Crippen MR) is 137 cm³/mol. The van der Waals surface area contributed by atoms with E-state index in [-0.39, 0.29) is 30.4 Å². The summed E-state index contributed by atoms with van der Waals surface area (Å²) in [6.45, 7) is 15.4. The van der Waals surface area contributed by atoms with E-state index >= 15 is 0 Å². The van der Waals surface area contributed by atoms with Crippen LogP contribution >= 0.6 is 0 Å². The molecule has 0 radical (unpaired) electrons. The van der Waals surface area contributed by atoms with Crippen LogP contribution in [0, 0.1) is 11.3 Å². The second kappa shape index (κ2) is 10.1. The first-order valence-electron chi connectivity index (χ1n) is 12.0. The minimum atomic E-state index is -0.629. The Morgan fingerprint density at radius 1 is 1.15 bits per heavy atom. The molecule has 0 atom stereocenters. The molecule has 2 amide bonds. The van der Waals surface area contributed by atoms with E-state index in [1.165, 1.54) is 5.56 Å². The number of benzene rings is 2. The van der Waals surface area contributed by atoms with Crippen molar-refractivity contribution in [1.29, 1.82) is 0 Å². The Kier molecular flexibility index (Phi) is 7.59.